The maximum atomic E-state index is 13.5. The Labute approximate surface area is 252 Å². The molecular weight excluding hydrogens is 575 g/mol. The number of rotatable bonds is 14. The zero-order chi connectivity index (χ0) is 32.3. The highest BCUT2D eigenvalue weighted by Crippen LogP contribution is 2.26. The second kappa shape index (κ2) is 15.6. The number of aliphatic carboxylic acids is 3. The van der Waals surface area contributed by atoms with E-state index in [0.29, 0.717) is 12.3 Å². The monoisotopic (exact) mass is 610 g/mol. The predicted molar refractivity (Wildman–Crippen MR) is 157 cm³/mol. The fraction of sp³-hybridized carbons (Fsp3) is 0.333. The lowest BCUT2D eigenvalue weighted by Crippen LogP contribution is -2.42. The number of hydrogen-bond acceptors (Lipinski definition) is 9. The Morgan fingerprint density at radius 2 is 1.55 bits per heavy atom. The second-order valence-electron chi connectivity index (χ2n) is 10.4. The first kappa shape index (κ1) is 33.7. The van der Waals surface area contributed by atoms with E-state index in [1.165, 1.54) is 12.1 Å². The van der Waals surface area contributed by atoms with Gasteiger partial charge in [-0.3, -0.25) is 23.9 Å². The Morgan fingerprint density at radius 1 is 0.886 bits per heavy atom. The molecule has 0 aliphatic carbocycles. The molecule has 234 valence electrons. The third kappa shape index (κ3) is 9.90. The van der Waals surface area contributed by atoms with Crippen LogP contribution < -0.4 is 0 Å². The van der Waals surface area contributed by atoms with Crippen molar-refractivity contribution >= 4 is 23.7 Å². The Hall–Kier alpha value is -4.79. The zero-order valence-electron chi connectivity index (χ0n) is 24.4. The van der Waals surface area contributed by atoms with Crippen LogP contribution in [-0.2, 0) is 27.5 Å². The van der Waals surface area contributed by atoms with Crippen LogP contribution in [-0.4, -0.2) is 100 Å². The van der Waals surface area contributed by atoms with Gasteiger partial charge in [-0.1, -0.05) is 6.07 Å². The van der Waals surface area contributed by atoms with E-state index in [2.05, 4.69) is 39.9 Å². The summed E-state index contributed by atoms with van der Waals surface area (Å²) in [5, 5.41) is 33.8. The minimum absolute atomic E-state index is 0.257. The highest BCUT2D eigenvalue weighted by Gasteiger charge is 2.40. The molecule has 44 heavy (non-hydrogen) atoms. The van der Waals surface area contributed by atoms with E-state index < -0.39 is 36.4 Å². The van der Waals surface area contributed by atoms with Crippen molar-refractivity contribution in [3.8, 4) is 11.3 Å². The normalized spacial score (nSPS) is 11.4. The van der Waals surface area contributed by atoms with E-state index in [1.807, 2.05) is 35.0 Å². The van der Waals surface area contributed by atoms with Gasteiger partial charge in [-0.05, 0) is 69.5 Å². The predicted octanol–water partition coefficient (Wildman–Crippen LogP) is 2.64. The number of halogens is 1. The van der Waals surface area contributed by atoms with E-state index in [1.54, 1.807) is 18.3 Å². The summed E-state index contributed by atoms with van der Waals surface area (Å²) in [7, 11) is 4.18. The van der Waals surface area contributed by atoms with Crippen LogP contribution in [0.15, 0.2) is 67.1 Å². The van der Waals surface area contributed by atoms with E-state index in [9.17, 15) is 18.8 Å². The van der Waals surface area contributed by atoms with Gasteiger partial charge in [0.15, 0.2) is 5.60 Å². The summed E-state index contributed by atoms with van der Waals surface area (Å²) >= 11 is 0. The van der Waals surface area contributed by atoms with Crippen LogP contribution in [0.25, 0.3) is 17.0 Å². The Morgan fingerprint density at radius 3 is 2.11 bits per heavy atom. The number of carboxylic acid groups (broad SMARTS) is 3. The molecule has 3 aromatic heterocycles. The molecule has 0 bridgehead atoms. The summed E-state index contributed by atoms with van der Waals surface area (Å²) < 4.78 is 15.5. The van der Waals surface area contributed by atoms with Gasteiger partial charge in [0, 0.05) is 43.8 Å². The highest BCUT2D eigenvalue weighted by molar-refractivity contribution is 5.88. The Bertz CT molecular complexity index is 1530. The molecule has 3 heterocycles. The minimum Gasteiger partial charge on any atom is -0.481 e. The molecule has 1 aromatic carbocycles. The van der Waals surface area contributed by atoms with E-state index in [4.69, 9.17) is 25.4 Å². The quantitative estimate of drug-likeness (QED) is 0.164. The maximum Gasteiger partial charge on any atom is 0.336 e. The molecule has 0 fully saturated rings. The lowest BCUT2D eigenvalue weighted by atomic mass is 9.96. The number of hydrogen-bond donors (Lipinski definition) is 4. The molecule has 0 radical (unpaired) electrons. The van der Waals surface area contributed by atoms with Gasteiger partial charge in [0.25, 0.3) is 0 Å². The van der Waals surface area contributed by atoms with Crippen molar-refractivity contribution in [2.45, 2.75) is 38.0 Å². The summed E-state index contributed by atoms with van der Waals surface area (Å²) in [5.41, 5.74) is 1.04. The number of nitrogens with zero attached hydrogens (tertiary/aromatic N) is 6. The fourth-order valence-electron chi connectivity index (χ4n) is 4.40. The van der Waals surface area contributed by atoms with Gasteiger partial charge >= 0.3 is 17.9 Å². The molecule has 13 nitrogen and oxygen atoms in total. The molecule has 0 aliphatic rings. The largest absolute Gasteiger partial charge is 0.481 e. The molecule has 0 amide bonds. The summed E-state index contributed by atoms with van der Waals surface area (Å²) in [6.07, 6.45) is 4.30. The van der Waals surface area contributed by atoms with Crippen LogP contribution >= 0.6 is 0 Å². The molecule has 4 N–H and O–H groups in total. The van der Waals surface area contributed by atoms with Gasteiger partial charge < -0.3 is 25.3 Å². The number of carboxylic acids is 3. The summed E-state index contributed by atoms with van der Waals surface area (Å²) in [4.78, 5) is 48.8. The van der Waals surface area contributed by atoms with Gasteiger partial charge in [-0.2, -0.15) is 0 Å². The van der Waals surface area contributed by atoms with Gasteiger partial charge in [-0.15, -0.1) is 0 Å². The lowest BCUT2D eigenvalue weighted by Gasteiger charge is -2.23. The van der Waals surface area contributed by atoms with Gasteiger partial charge in [0.1, 0.15) is 5.82 Å². The van der Waals surface area contributed by atoms with Crippen molar-refractivity contribution < 1.29 is 39.2 Å². The average molecular weight is 611 g/mol. The number of benzene rings is 1. The van der Waals surface area contributed by atoms with Crippen molar-refractivity contribution in [1.82, 2.24) is 29.2 Å². The lowest BCUT2D eigenvalue weighted by molar-refractivity contribution is -0.170. The van der Waals surface area contributed by atoms with Crippen LogP contribution in [0.4, 0.5) is 4.39 Å². The molecule has 0 unspecified atom stereocenters. The van der Waals surface area contributed by atoms with Crippen LogP contribution in [0.5, 0.6) is 0 Å². The summed E-state index contributed by atoms with van der Waals surface area (Å²) in [5.74, 6) is -4.63. The van der Waals surface area contributed by atoms with Gasteiger partial charge in [0.05, 0.1) is 29.9 Å². The Kier molecular flexibility index (Phi) is 12.0. The topological polar surface area (TPSA) is 182 Å². The molecule has 4 aromatic rings. The van der Waals surface area contributed by atoms with E-state index in [-0.39, 0.29) is 5.82 Å². The van der Waals surface area contributed by atoms with Gasteiger partial charge in [0.2, 0.25) is 5.78 Å². The SMILES string of the molecule is CN(C)CCCN(Cc1ccccn1)Cc1c(-c2ccc(F)cc2)nc2ncccn12.O=C(O)CC(O)(CC(=O)O)C(=O)O. The fourth-order valence-corrected chi connectivity index (χ4v) is 4.40. The molecule has 14 heteroatoms. The number of pyridine rings is 1. The van der Waals surface area contributed by atoms with Crippen molar-refractivity contribution in [2.24, 2.45) is 0 Å². The number of aliphatic hydroxyl groups is 1. The third-order valence-corrected chi connectivity index (χ3v) is 6.47. The third-order valence-electron chi connectivity index (χ3n) is 6.47. The van der Waals surface area contributed by atoms with E-state index >= 15 is 0 Å². The molecular formula is C30H35FN6O7. The van der Waals surface area contributed by atoms with Crippen LogP contribution in [0.1, 0.15) is 30.7 Å². The van der Waals surface area contributed by atoms with Crippen molar-refractivity contribution in [2.75, 3.05) is 27.2 Å². The molecule has 0 saturated carbocycles. The minimum atomic E-state index is -2.74. The standard InChI is InChI=1S/C24H27FN6.C6H8O7/c1-29(2)14-6-15-30(17-21-7-3-4-12-26-21)18-22-23(19-8-10-20(25)11-9-19)28-24-27-13-5-16-31(22)24;7-3(8)1-6(13,5(11)12)2-4(9)10/h3-5,7-13,16H,6,14-15,17-18H2,1-2H3;13H,1-2H2,(H,7,8)(H,9,10)(H,11,12). The first-order valence-electron chi connectivity index (χ1n) is 13.6. The first-order valence-corrected chi connectivity index (χ1v) is 13.6. The molecule has 0 atom stereocenters. The van der Waals surface area contributed by atoms with Crippen LogP contribution in [0.2, 0.25) is 0 Å². The molecule has 0 saturated heterocycles. The maximum absolute atomic E-state index is 13.5. The Balaban J connectivity index is 0.000000345. The summed E-state index contributed by atoms with van der Waals surface area (Å²) in [6.45, 7) is 3.36. The number of fused-ring (bicyclic) bond motifs is 1. The average Bonchev–Trinajstić information content (AvgIpc) is 3.31. The highest BCUT2D eigenvalue weighted by atomic mass is 19.1. The van der Waals surface area contributed by atoms with Crippen LogP contribution in [0, 0.1) is 5.82 Å². The molecule has 4 rings (SSSR count). The van der Waals surface area contributed by atoms with Crippen molar-refractivity contribution in [3.63, 3.8) is 0 Å². The first-order chi connectivity index (χ1) is 20.9. The molecule has 0 spiro atoms. The number of aromatic nitrogens is 4. The summed E-state index contributed by atoms with van der Waals surface area (Å²) in [6, 6.07) is 14.4. The smallest absolute Gasteiger partial charge is 0.336 e. The van der Waals surface area contributed by atoms with Crippen LogP contribution in [0.3, 0.4) is 0 Å². The number of imidazole rings is 1. The zero-order valence-corrected chi connectivity index (χ0v) is 24.4. The van der Waals surface area contributed by atoms with Crippen molar-refractivity contribution in [3.05, 3.63) is 84.3 Å². The number of carbonyl (C=O) groups is 3. The second-order valence-corrected chi connectivity index (χ2v) is 10.4. The van der Waals surface area contributed by atoms with Gasteiger partial charge in [-0.25, -0.2) is 19.2 Å². The molecule has 0 aliphatic heterocycles. The van der Waals surface area contributed by atoms with E-state index in [0.717, 1.165) is 48.7 Å². The van der Waals surface area contributed by atoms with Crippen molar-refractivity contribution in [1.29, 1.82) is 0 Å².